The van der Waals surface area contributed by atoms with Gasteiger partial charge in [0.1, 0.15) is 5.75 Å². The summed E-state index contributed by atoms with van der Waals surface area (Å²) in [5, 5.41) is 7.70. The Balaban J connectivity index is 1.52. The number of rotatable bonds is 6. The highest BCUT2D eigenvalue weighted by Crippen LogP contribution is 2.28. The van der Waals surface area contributed by atoms with Crippen LogP contribution in [0.4, 0.5) is 9.52 Å². The molecule has 6 nitrogen and oxygen atoms in total. The number of thiazole rings is 1. The molecule has 1 amide bonds. The Morgan fingerprint density at radius 3 is 2.69 bits per heavy atom. The third-order valence-corrected chi connectivity index (χ3v) is 4.78. The lowest BCUT2D eigenvalue weighted by Gasteiger charge is -2.09. The van der Waals surface area contributed by atoms with Gasteiger partial charge in [0.15, 0.2) is 28.4 Å². The fourth-order valence-electron chi connectivity index (χ4n) is 2.36. The minimum Gasteiger partial charge on any atom is -0.494 e. The zero-order valence-electron chi connectivity index (χ0n) is 15.7. The number of nitrogens with zero attached hydrogens (tertiary/aromatic N) is 1. The van der Waals surface area contributed by atoms with E-state index in [1.807, 2.05) is 19.1 Å². The van der Waals surface area contributed by atoms with Gasteiger partial charge >= 0.3 is 0 Å². The highest BCUT2D eigenvalue weighted by molar-refractivity contribution is 7.80. The molecule has 0 aliphatic heterocycles. The van der Waals surface area contributed by atoms with Crippen LogP contribution in [0.25, 0.3) is 11.3 Å². The van der Waals surface area contributed by atoms with E-state index in [0.29, 0.717) is 22.1 Å². The molecule has 0 aliphatic carbocycles. The first-order chi connectivity index (χ1) is 13.9. The summed E-state index contributed by atoms with van der Waals surface area (Å²) < 4.78 is 24.2. The second-order valence-corrected chi connectivity index (χ2v) is 7.26. The van der Waals surface area contributed by atoms with Gasteiger partial charge in [0.2, 0.25) is 0 Å². The minimum atomic E-state index is -0.469. The smallest absolute Gasteiger partial charge is 0.264 e. The number of hydrogen-bond donors (Lipinski definition) is 2. The predicted molar refractivity (Wildman–Crippen MR) is 115 cm³/mol. The Kier molecular flexibility index (Phi) is 6.73. The van der Waals surface area contributed by atoms with Gasteiger partial charge in [-0.15, -0.1) is 11.3 Å². The molecular weight excluding hydrogens is 413 g/mol. The fourth-order valence-corrected chi connectivity index (χ4v) is 3.36. The number of aromatic nitrogens is 1. The van der Waals surface area contributed by atoms with Crippen molar-refractivity contribution < 1.29 is 18.7 Å². The van der Waals surface area contributed by atoms with Crippen molar-refractivity contribution in [3.8, 4) is 22.8 Å². The third-order valence-electron chi connectivity index (χ3n) is 3.82. The molecule has 0 aliphatic rings. The number of methoxy groups -OCH3 is 1. The van der Waals surface area contributed by atoms with Crippen LogP contribution in [0.3, 0.4) is 0 Å². The van der Waals surface area contributed by atoms with E-state index in [2.05, 4.69) is 15.6 Å². The Morgan fingerprint density at radius 1 is 1.24 bits per heavy atom. The van der Waals surface area contributed by atoms with E-state index in [1.165, 1.54) is 30.6 Å². The second-order valence-electron chi connectivity index (χ2n) is 5.99. The first-order valence-electron chi connectivity index (χ1n) is 8.54. The first kappa shape index (κ1) is 20.7. The minimum absolute atomic E-state index is 0.101. The number of carbonyl (C=O) groups excluding carboxylic acids is 1. The van der Waals surface area contributed by atoms with Crippen molar-refractivity contribution in [3.63, 3.8) is 0 Å². The van der Waals surface area contributed by atoms with Crippen molar-refractivity contribution >= 4 is 39.7 Å². The van der Waals surface area contributed by atoms with E-state index in [9.17, 15) is 9.18 Å². The number of carbonyl (C=O) groups is 1. The molecule has 0 bridgehead atoms. The summed E-state index contributed by atoms with van der Waals surface area (Å²) in [6.45, 7) is 1.80. The molecule has 0 saturated carbocycles. The SMILES string of the molecule is COc1ccc(-c2csc(NC(=S)NC(=O)COc3ccc(C)cc3)n2)cc1F. The van der Waals surface area contributed by atoms with Crippen LogP contribution in [0.2, 0.25) is 0 Å². The molecule has 2 aromatic carbocycles. The van der Waals surface area contributed by atoms with E-state index in [0.717, 1.165) is 5.56 Å². The number of thiocarbonyl (C=S) groups is 1. The van der Waals surface area contributed by atoms with Crippen molar-refractivity contribution in [2.24, 2.45) is 0 Å². The van der Waals surface area contributed by atoms with E-state index >= 15 is 0 Å². The average Bonchev–Trinajstić information content (AvgIpc) is 3.15. The van der Waals surface area contributed by atoms with Gasteiger partial charge in [-0.05, 0) is 49.5 Å². The van der Waals surface area contributed by atoms with Crippen LogP contribution in [0.1, 0.15) is 5.56 Å². The average molecular weight is 432 g/mol. The van der Waals surface area contributed by atoms with Crippen molar-refractivity contribution in [1.29, 1.82) is 0 Å². The summed E-state index contributed by atoms with van der Waals surface area (Å²) in [7, 11) is 1.41. The van der Waals surface area contributed by atoms with Crippen LogP contribution in [0.5, 0.6) is 11.5 Å². The van der Waals surface area contributed by atoms with E-state index in [-0.39, 0.29) is 17.5 Å². The van der Waals surface area contributed by atoms with Gasteiger partial charge in [-0.25, -0.2) is 9.37 Å². The summed E-state index contributed by atoms with van der Waals surface area (Å²) in [5.41, 5.74) is 2.29. The second kappa shape index (κ2) is 9.44. The molecule has 3 aromatic rings. The maximum absolute atomic E-state index is 13.9. The Labute approximate surface area is 176 Å². The normalized spacial score (nSPS) is 10.3. The largest absolute Gasteiger partial charge is 0.494 e. The zero-order valence-corrected chi connectivity index (χ0v) is 17.3. The molecule has 0 unspecified atom stereocenters. The molecule has 1 aromatic heterocycles. The highest BCUT2D eigenvalue weighted by atomic mass is 32.1. The number of nitrogens with one attached hydrogen (secondary N) is 2. The van der Waals surface area contributed by atoms with Crippen LogP contribution in [-0.2, 0) is 4.79 Å². The summed E-state index contributed by atoms with van der Waals surface area (Å²) in [5.74, 6) is -0.0964. The molecule has 1 heterocycles. The molecule has 0 atom stereocenters. The Hall–Kier alpha value is -3.04. The maximum atomic E-state index is 13.9. The van der Waals surface area contributed by atoms with Gasteiger partial charge in [0, 0.05) is 10.9 Å². The molecule has 0 fully saturated rings. The lowest BCUT2D eigenvalue weighted by molar-refractivity contribution is -0.121. The van der Waals surface area contributed by atoms with Crippen molar-refractivity contribution in [3.05, 3.63) is 59.2 Å². The summed E-state index contributed by atoms with van der Waals surface area (Å²) in [6, 6.07) is 12.0. The Bertz CT molecular complexity index is 1020. The molecule has 150 valence electrons. The molecular formula is C20H18FN3O3S2. The molecule has 0 saturated heterocycles. The third kappa shape index (κ3) is 5.72. The number of amides is 1. The van der Waals surface area contributed by atoms with Crippen LogP contribution >= 0.6 is 23.6 Å². The van der Waals surface area contributed by atoms with Crippen LogP contribution in [0.15, 0.2) is 47.8 Å². The van der Waals surface area contributed by atoms with Crippen LogP contribution < -0.4 is 20.1 Å². The molecule has 9 heteroatoms. The van der Waals surface area contributed by atoms with E-state index in [1.54, 1.807) is 23.6 Å². The topological polar surface area (TPSA) is 72.5 Å². The number of halogens is 1. The van der Waals surface area contributed by atoms with Gasteiger partial charge in [0.05, 0.1) is 12.8 Å². The lowest BCUT2D eigenvalue weighted by Crippen LogP contribution is -2.37. The molecule has 0 radical (unpaired) electrons. The molecule has 29 heavy (non-hydrogen) atoms. The predicted octanol–water partition coefficient (Wildman–Crippen LogP) is 4.16. The number of benzene rings is 2. The number of aryl methyl sites for hydroxylation is 1. The van der Waals surface area contributed by atoms with Gasteiger partial charge in [-0.2, -0.15) is 0 Å². The van der Waals surface area contributed by atoms with Gasteiger partial charge in [0.25, 0.3) is 5.91 Å². The fraction of sp³-hybridized carbons (Fsp3) is 0.150. The van der Waals surface area contributed by atoms with Crippen LogP contribution in [-0.4, -0.2) is 29.7 Å². The number of hydrogen-bond acceptors (Lipinski definition) is 6. The van der Waals surface area contributed by atoms with Gasteiger partial charge in [-0.1, -0.05) is 17.7 Å². The maximum Gasteiger partial charge on any atom is 0.264 e. The zero-order chi connectivity index (χ0) is 20.8. The number of ether oxygens (including phenoxy) is 2. The number of anilines is 1. The lowest BCUT2D eigenvalue weighted by atomic mass is 10.1. The first-order valence-corrected chi connectivity index (χ1v) is 9.83. The highest BCUT2D eigenvalue weighted by Gasteiger charge is 2.11. The van der Waals surface area contributed by atoms with Crippen molar-refractivity contribution in [2.45, 2.75) is 6.92 Å². The van der Waals surface area contributed by atoms with Gasteiger partial charge < -0.3 is 14.8 Å². The quantitative estimate of drug-likeness (QED) is 0.571. The van der Waals surface area contributed by atoms with Crippen LogP contribution in [0, 0.1) is 12.7 Å². The van der Waals surface area contributed by atoms with Gasteiger partial charge in [-0.3, -0.25) is 10.1 Å². The van der Waals surface area contributed by atoms with E-state index < -0.39 is 11.7 Å². The summed E-state index contributed by atoms with van der Waals surface area (Å²) in [6.07, 6.45) is 0. The summed E-state index contributed by atoms with van der Waals surface area (Å²) in [4.78, 5) is 16.3. The molecule has 2 N–H and O–H groups in total. The molecule has 0 spiro atoms. The van der Waals surface area contributed by atoms with E-state index in [4.69, 9.17) is 21.7 Å². The molecule has 3 rings (SSSR count). The van der Waals surface area contributed by atoms with Crippen molar-refractivity contribution in [2.75, 3.05) is 19.0 Å². The van der Waals surface area contributed by atoms with Crippen molar-refractivity contribution in [1.82, 2.24) is 10.3 Å². The standard InChI is InChI=1S/C20H18FN3O3S2/c1-12-3-6-14(7-4-12)27-10-18(25)23-19(28)24-20-22-16(11-29-20)13-5-8-17(26-2)15(21)9-13/h3-9,11H,10H2,1-2H3,(H2,22,23,24,25,28). The summed E-state index contributed by atoms with van der Waals surface area (Å²) >= 11 is 6.41. The Morgan fingerprint density at radius 2 is 2.00 bits per heavy atom. The monoisotopic (exact) mass is 431 g/mol.